The molecule has 45 heavy (non-hydrogen) atoms. The van der Waals surface area contributed by atoms with Crippen LogP contribution in [0.15, 0.2) is 144 Å². The molecule has 0 fully saturated rings. The number of hydrogen-bond donors (Lipinski definition) is 0. The van der Waals surface area contributed by atoms with Gasteiger partial charge in [0.1, 0.15) is 5.52 Å². The normalized spacial score (nSPS) is 12.0. The summed E-state index contributed by atoms with van der Waals surface area (Å²) in [5.74, 6) is 0.615. The predicted octanol–water partition coefficient (Wildman–Crippen LogP) is 10.8. The fourth-order valence-corrected chi connectivity index (χ4v) is 6.82. The van der Waals surface area contributed by atoms with Gasteiger partial charge in [0.05, 0.1) is 22.4 Å². The van der Waals surface area contributed by atoms with Crippen LogP contribution < -0.4 is 0 Å². The van der Waals surface area contributed by atoms with Gasteiger partial charge in [-0.15, -0.1) is 0 Å². The highest BCUT2D eigenvalue weighted by Gasteiger charge is 2.15. The maximum Gasteiger partial charge on any atom is 0.227 e. The summed E-state index contributed by atoms with van der Waals surface area (Å²) in [6, 6.07) is 48.7. The van der Waals surface area contributed by atoms with Gasteiger partial charge in [0.25, 0.3) is 0 Å². The van der Waals surface area contributed by atoms with Gasteiger partial charge in [-0.2, -0.15) is 0 Å². The highest BCUT2D eigenvalue weighted by molar-refractivity contribution is 6.25. The molecule has 4 heteroatoms. The number of rotatable bonds is 3. The molecule has 0 aliphatic heterocycles. The number of aromatic nitrogens is 3. The average molecular weight is 574 g/mol. The first-order valence-electron chi connectivity index (χ1n) is 15.1. The van der Waals surface area contributed by atoms with Crippen molar-refractivity contribution >= 4 is 65.2 Å². The molecule has 208 valence electrons. The fourth-order valence-electron chi connectivity index (χ4n) is 6.82. The van der Waals surface area contributed by atoms with Crippen LogP contribution in [0.2, 0.25) is 0 Å². The van der Waals surface area contributed by atoms with Gasteiger partial charge in [-0.3, -0.25) is 0 Å². The molecular formula is C41H23N3O. The number of pyridine rings is 2. The van der Waals surface area contributed by atoms with Crippen LogP contribution in [0.1, 0.15) is 0 Å². The Kier molecular flexibility index (Phi) is 4.96. The van der Waals surface area contributed by atoms with Crippen molar-refractivity contribution < 1.29 is 4.42 Å². The van der Waals surface area contributed by atoms with Crippen LogP contribution in [0.25, 0.3) is 99.2 Å². The molecule has 4 nitrogen and oxygen atoms in total. The number of para-hydroxylation sites is 2. The third-order valence-corrected chi connectivity index (χ3v) is 9.05. The van der Waals surface area contributed by atoms with E-state index in [4.69, 9.17) is 14.4 Å². The quantitative estimate of drug-likeness (QED) is 0.197. The molecule has 0 spiro atoms. The smallest absolute Gasteiger partial charge is 0.227 e. The third kappa shape index (κ3) is 3.69. The summed E-state index contributed by atoms with van der Waals surface area (Å²) < 4.78 is 5.98. The van der Waals surface area contributed by atoms with Crippen molar-refractivity contribution in [3.05, 3.63) is 140 Å². The van der Waals surface area contributed by atoms with Crippen LogP contribution in [0, 0.1) is 0 Å². The Labute approximate surface area is 257 Å². The second-order valence-electron chi connectivity index (χ2n) is 11.6. The lowest BCUT2D eigenvalue weighted by Crippen LogP contribution is -1.92. The molecule has 0 saturated carbocycles. The van der Waals surface area contributed by atoms with E-state index in [-0.39, 0.29) is 0 Å². The van der Waals surface area contributed by atoms with Gasteiger partial charge in [0.2, 0.25) is 5.89 Å². The minimum Gasteiger partial charge on any atom is -0.436 e. The second-order valence-corrected chi connectivity index (χ2v) is 11.6. The van der Waals surface area contributed by atoms with Crippen LogP contribution in [-0.4, -0.2) is 15.0 Å². The lowest BCUT2D eigenvalue weighted by atomic mass is 9.91. The molecule has 0 aliphatic carbocycles. The largest absolute Gasteiger partial charge is 0.436 e. The minimum atomic E-state index is 0.615. The van der Waals surface area contributed by atoms with Crippen LogP contribution >= 0.6 is 0 Å². The van der Waals surface area contributed by atoms with Gasteiger partial charge in [-0.05, 0) is 68.7 Å². The number of nitrogens with zero attached hydrogens (tertiary/aromatic N) is 3. The van der Waals surface area contributed by atoms with E-state index in [1.807, 2.05) is 36.4 Å². The van der Waals surface area contributed by atoms with Crippen LogP contribution in [0.4, 0.5) is 0 Å². The average Bonchev–Trinajstić information content (AvgIpc) is 3.55. The van der Waals surface area contributed by atoms with E-state index in [2.05, 4.69) is 108 Å². The van der Waals surface area contributed by atoms with Gasteiger partial charge in [0.15, 0.2) is 5.58 Å². The summed E-state index contributed by atoms with van der Waals surface area (Å²) in [7, 11) is 0. The molecule has 0 amide bonds. The number of fused-ring (bicyclic) bond motifs is 4. The van der Waals surface area contributed by atoms with Crippen molar-refractivity contribution in [2.75, 3.05) is 0 Å². The lowest BCUT2D eigenvalue weighted by Gasteiger charge is -2.14. The highest BCUT2D eigenvalue weighted by Crippen LogP contribution is 2.39. The molecule has 10 rings (SSSR count). The molecule has 0 radical (unpaired) electrons. The number of hydrogen-bond acceptors (Lipinski definition) is 4. The van der Waals surface area contributed by atoms with Gasteiger partial charge < -0.3 is 4.42 Å². The Morgan fingerprint density at radius 1 is 0.400 bits per heavy atom. The maximum absolute atomic E-state index is 5.98. The standard InChI is InChI=1S/C41H23N3O/c1-2-7-36-35(6-1)44-41(45-36)30-14-8-24(9-15-30)33-22-18-28-12-13-29-19-23-34(43-40(29)39(28)42-33)31-20-16-27-11-10-25-4-3-5-26-17-21-32(31)38(27)37(25)26/h1-23H. The highest BCUT2D eigenvalue weighted by atomic mass is 16.3. The van der Waals surface area contributed by atoms with Crippen LogP contribution in [-0.2, 0) is 0 Å². The van der Waals surface area contributed by atoms with E-state index in [0.29, 0.717) is 5.89 Å². The molecule has 0 aliphatic rings. The third-order valence-electron chi connectivity index (χ3n) is 9.05. The molecule has 0 atom stereocenters. The zero-order valence-corrected chi connectivity index (χ0v) is 24.0. The second kappa shape index (κ2) is 9.18. The van der Waals surface area contributed by atoms with Crippen LogP contribution in [0.5, 0.6) is 0 Å². The van der Waals surface area contributed by atoms with E-state index >= 15 is 0 Å². The summed E-state index contributed by atoms with van der Waals surface area (Å²) in [4.78, 5) is 15.1. The fraction of sp³-hybridized carbons (Fsp3) is 0. The summed E-state index contributed by atoms with van der Waals surface area (Å²) in [5, 5.41) is 9.74. The number of oxazole rings is 1. The van der Waals surface area contributed by atoms with E-state index in [0.717, 1.165) is 61.0 Å². The maximum atomic E-state index is 5.98. The van der Waals surface area contributed by atoms with E-state index in [1.54, 1.807) is 0 Å². The van der Waals surface area contributed by atoms with Crippen molar-refractivity contribution in [1.82, 2.24) is 15.0 Å². The molecule has 0 saturated heterocycles. The van der Waals surface area contributed by atoms with Crippen molar-refractivity contribution in [1.29, 1.82) is 0 Å². The Morgan fingerprint density at radius 2 is 1.00 bits per heavy atom. The number of benzene rings is 7. The SMILES string of the molecule is c1cc2ccc3ccc(-c4ccc5ccc6ccc(-c7ccc(-c8nc9ccccc9o8)cc7)nc6c5n4)c4ccc(c1)c2c34. The van der Waals surface area contributed by atoms with Gasteiger partial charge >= 0.3 is 0 Å². The summed E-state index contributed by atoms with van der Waals surface area (Å²) >= 11 is 0. The molecule has 0 unspecified atom stereocenters. The zero-order valence-electron chi connectivity index (χ0n) is 24.0. The van der Waals surface area contributed by atoms with E-state index in [9.17, 15) is 0 Å². The summed E-state index contributed by atoms with van der Waals surface area (Å²) in [6.45, 7) is 0. The molecule has 10 aromatic rings. The lowest BCUT2D eigenvalue weighted by molar-refractivity contribution is 0.620. The summed E-state index contributed by atoms with van der Waals surface area (Å²) in [5.41, 5.74) is 8.37. The van der Waals surface area contributed by atoms with Gasteiger partial charge in [-0.1, -0.05) is 103 Å². The van der Waals surface area contributed by atoms with E-state index < -0.39 is 0 Å². The Hall–Kier alpha value is -6.13. The Morgan fingerprint density at radius 3 is 1.78 bits per heavy atom. The Balaban J connectivity index is 1.10. The summed E-state index contributed by atoms with van der Waals surface area (Å²) in [6.07, 6.45) is 0. The predicted molar refractivity (Wildman–Crippen MR) is 185 cm³/mol. The monoisotopic (exact) mass is 573 g/mol. The van der Waals surface area contributed by atoms with Gasteiger partial charge in [0, 0.05) is 27.5 Å². The van der Waals surface area contributed by atoms with Crippen LogP contribution in [0.3, 0.4) is 0 Å². The first-order chi connectivity index (χ1) is 22.3. The van der Waals surface area contributed by atoms with Crippen molar-refractivity contribution in [2.45, 2.75) is 0 Å². The van der Waals surface area contributed by atoms with Crippen molar-refractivity contribution in [2.24, 2.45) is 0 Å². The minimum absolute atomic E-state index is 0.615. The van der Waals surface area contributed by atoms with E-state index in [1.165, 1.54) is 32.3 Å². The van der Waals surface area contributed by atoms with Crippen molar-refractivity contribution in [3.8, 4) is 34.0 Å². The first kappa shape index (κ1) is 24.3. The van der Waals surface area contributed by atoms with Gasteiger partial charge in [-0.25, -0.2) is 15.0 Å². The molecule has 3 aromatic heterocycles. The Bertz CT molecular complexity index is 2710. The zero-order chi connectivity index (χ0) is 29.5. The molecule has 0 N–H and O–H groups in total. The molecule has 0 bridgehead atoms. The van der Waals surface area contributed by atoms with Crippen molar-refractivity contribution in [3.63, 3.8) is 0 Å². The molecular weight excluding hydrogens is 550 g/mol. The topological polar surface area (TPSA) is 51.8 Å². The molecule has 3 heterocycles. The molecule has 7 aromatic carbocycles. The first-order valence-corrected chi connectivity index (χ1v) is 15.1.